The number of benzene rings is 1. The second-order valence-corrected chi connectivity index (χ2v) is 5.42. The Balaban J connectivity index is 1.76. The minimum Gasteiger partial charge on any atom is -0.488 e. The van der Waals surface area contributed by atoms with Crippen LogP contribution < -0.4 is 4.74 Å². The van der Waals surface area contributed by atoms with E-state index in [-0.39, 0.29) is 6.10 Å². The van der Waals surface area contributed by atoms with Crippen LogP contribution in [-0.4, -0.2) is 19.3 Å². The van der Waals surface area contributed by atoms with Crippen molar-refractivity contribution in [2.24, 2.45) is 0 Å². The summed E-state index contributed by atoms with van der Waals surface area (Å²) < 4.78 is 12.4. The first kappa shape index (κ1) is 10.6. The van der Waals surface area contributed by atoms with Crippen molar-refractivity contribution in [3.05, 3.63) is 28.2 Å². The topological polar surface area (TPSA) is 18.5 Å². The van der Waals surface area contributed by atoms with E-state index in [2.05, 4.69) is 28.1 Å². The highest BCUT2D eigenvalue weighted by Gasteiger charge is 2.26. The summed E-state index contributed by atoms with van der Waals surface area (Å²) in [5.74, 6) is 1.73. The lowest BCUT2D eigenvalue weighted by molar-refractivity contribution is 0.141. The van der Waals surface area contributed by atoms with E-state index in [0.29, 0.717) is 0 Å². The molecule has 86 valence electrons. The van der Waals surface area contributed by atoms with Crippen LogP contribution in [0.4, 0.5) is 0 Å². The highest BCUT2D eigenvalue weighted by atomic mass is 79.9. The van der Waals surface area contributed by atoms with Gasteiger partial charge in [-0.2, -0.15) is 0 Å². The molecule has 1 aliphatic heterocycles. The molecule has 2 nitrogen and oxygen atoms in total. The zero-order valence-corrected chi connectivity index (χ0v) is 10.7. The van der Waals surface area contributed by atoms with Gasteiger partial charge in [-0.1, -0.05) is 15.9 Å². The predicted molar refractivity (Wildman–Crippen MR) is 66.0 cm³/mol. The molecule has 1 heterocycles. The summed E-state index contributed by atoms with van der Waals surface area (Å²) in [6.45, 7) is 1.56. The van der Waals surface area contributed by atoms with E-state index in [1.54, 1.807) is 0 Å². The van der Waals surface area contributed by atoms with Crippen LogP contribution in [0, 0.1) is 0 Å². The minimum atomic E-state index is 0.244. The number of rotatable bonds is 3. The van der Waals surface area contributed by atoms with Crippen LogP contribution in [0.15, 0.2) is 22.7 Å². The normalized spacial score (nSPS) is 24.7. The molecule has 1 atom stereocenters. The zero-order valence-electron chi connectivity index (χ0n) is 9.12. The second-order valence-electron chi connectivity index (χ2n) is 4.56. The fraction of sp³-hybridized carbons (Fsp3) is 0.538. The molecule has 0 aromatic heterocycles. The third-order valence-corrected chi connectivity index (χ3v) is 3.90. The van der Waals surface area contributed by atoms with Gasteiger partial charge in [0.15, 0.2) is 0 Å². The Kier molecular flexibility index (Phi) is 2.90. The van der Waals surface area contributed by atoms with E-state index < -0.39 is 0 Å². The van der Waals surface area contributed by atoms with Gasteiger partial charge in [-0.25, -0.2) is 0 Å². The molecular weight excluding hydrogens is 268 g/mol. The molecule has 1 saturated carbocycles. The summed E-state index contributed by atoms with van der Waals surface area (Å²) in [6.07, 6.45) is 3.88. The molecule has 16 heavy (non-hydrogen) atoms. The summed E-state index contributed by atoms with van der Waals surface area (Å²) in [5, 5.41) is 0. The lowest BCUT2D eigenvalue weighted by atomic mass is 10.1. The second kappa shape index (κ2) is 4.38. The molecule has 0 N–H and O–H groups in total. The average molecular weight is 283 g/mol. The Hall–Kier alpha value is -0.540. The molecule has 1 aromatic rings. The fourth-order valence-corrected chi connectivity index (χ4v) is 2.67. The molecule has 3 rings (SSSR count). The molecule has 2 aliphatic rings. The van der Waals surface area contributed by atoms with E-state index in [1.807, 2.05) is 6.07 Å². The highest BCUT2D eigenvalue weighted by molar-refractivity contribution is 9.10. The predicted octanol–water partition coefficient (Wildman–Crippen LogP) is 3.49. The third-order valence-electron chi connectivity index (χ3n) is 3.18. The standard InChI is InChI=1S/C13H15BrO2/c14-13-4-3-10(7-12(13)9-1-2-9)16-11-5-6-15-8-11/h3-4,7,9,11H,1-2,5-6,8H2. The molecule has 2 fully saturated rings. The van der Waals surface area contributed by atoms with Crippen LogP contribution in [0.1, 0.15) is 30.7 Å². The summed E-state index contributed by atoms with van der Waals surface area (Å²) in [7, 11) is 0. The van der Waals surface area contributed by atoms with Crippen molar-refractivity contribution in [2.45, 2.75) is 31.3 Å². The van der Waals surface area contributed by atoms with Gasteiger partial charge in [0.2, 0.25) is 0 Å². The smallest absolute Gasteiger partial charge is 0.124 e. The maximum atomic E-state index is 5.90. The minimum absolute atomic E-state index is 0.244. The lowest BCUT2D eigenvalue weighted by Gasteiger charge is -2.13. The van der Waals surface area contributed by atoms with Gasteiger partial charge in [0, 0.05) is 10.9 Å². The number of ether oxygens (including phenoxy) is 2. The van der Waals surface area contributed by atoms with Gasteiger partial charge in [-0.15, -0.1) is 0 Å². The number of hydrogen-bond acceptors (Lipinski definition) is 2. The molecule has 1 aromatic carbocycles. The molecule has 0 amide bonds. The Bertz CT molecular complexity index is 382. The summed E-state index contributed by atoms with van der Waals surface area (Å²) in [5.41, 5.74) is 1.40. The SMILES string of the molecule is Brc1ccc(OC2CCOC2)cc1C1CC1. The van der Waals surface area contributed by atoms with Crippen molar-refractivity contribution in [1.82, 2.24) is 0 Å². The van der Waals surface area contributed by atoms with E-state index in [4.69, 9.17) is 9.47 Å². The number of hydrogen-bond donors (Lipinski definition) is 0. The quantitative estimate of drug-likeness (QED) is 0.845. The summed E-state index contributed by atoms with van der Waals surface area (Å²) in [6, 6.07) is 6.31. The van der Waals surface area contributed by atoms with Gasteiger partial charge in [0.05, 0.1) is 13.2 Å². The third kappa shape index (κ3) is 2.25. The molecule has 0 radical (unpaired) electrons. The van der Waals surface area contributed by atoms with Crippen LogP contribution in [0.25, 0.3) is 0 Å². The zero-order chi connectivity index (χ0) is 11.0. The number of halogens is 1. The van der Waals surface area contributed by atoms with Crippen LogP contribution in [0.5, 0.6) is 5.75 Å². The molecule has 3 heteroatoms. The van der Waals surface area contributed by atoms with Crippen molar-refractivity contribution in [3.8, 4) is 5.75 Å². The van der Waals surface area contributed by atoms with E-state index in [9.17, 15) is 0 Å². The molecular formula is C13H15BrO2. The maximum absolute atomic E-state index is 5.90. The van der Waals surface area contributed by atoms with Crippen molar-refractivity contribution in [3.63, 3.8) is 0 Å². The van der Waals surface area contributed by atoms with Gasteiger partial charge >= 0.3 is 0 Å². The Labute approximate surface area is 104 Å². The van der Waals surface area contributed by atoms with E-state index >= 15 is 0 Å². The largest absolute Gasteiger partial charge is 0.488 e. The van der Waals surface area contributed by atoms with Crippen LogP contribution in [0.2, 0.25) is 0 Å². The monoisotopic (exact) mass is 282 g/mol. The van der Waals surface area contributed by atoms with Gasteiger partial charge in [0.1, 0.15) is 11.9 Å². The first-order valence-corrected chi connectivity index (χ1v) is 6.66. The van der Waals surface area contributed by atoms with Crippen LogP contribution in [0.3, 0.4) is 0 Å². The first-order valence-electron chi connectivity index (χ1n) is 5.87. The molecule has 0 spiro atoms. The fourth-order valence-electron chi connectivity index (χ4n) is 2.10. The van der Waals surface area contributed by atoms with E-state index in [1.165, 1.54) is 22.9 Å². The van der Waals surface area contributed by atoms with Crippen LogP contribution >= 0.6 is 15.9 Å². The highest BCUT2D eigenvalue weighted by Crippen LogP contribution is 2.44. The van der Waals surface area contributed by atoms with E-state index in [0.717, 1.165) is 31.3 Å². The van der Waals surface area contributed by atoms with Gasteiger partial charge in [-0.3, -0.25) is 0 Å². The van der Waals surface area contributed by atoms with Crippen molar-refractivity contribution >= 4 is 15.9 Å². The van der Waals surface area contributed by atoms with Crippen molar-refractivity contribution < 1.29 is 9.47 Å². The van der Waals surface area contributed by atoms with Crippen molar-refractivity contribution in [2.75, 3.05) is 13.2 Å². The Morgan fingerprint density at radius 2 is 2.12 bits per heavy atom. The van der Waals surface area contributed by atoms with Crippen LogP contribution in [-0.2, 0) is 4.74 Å². The molecule has 1 saturated heterocycles. The first-order chi connectivity index (χ1) is 7.83. The molecule has 0 bridgehead atoms. The lowest BCUT2D eigenvalue weighted by Crippen LogP contribution is -2.15. The maximum Gasteiger partial charge on any atom is 0.124 e. The molecule has 1 unspecified atom stereocenters. The summed E-state index contributed by atoms with van der Waals surface area (Å²) >= 11 is 3.60. The Morgan fingerprint density at radius 3 is 2.81 bits per heavy atom. The Morgan fingerprint density at radius 1 is 1.25 bits per heavy atom. The van der Waals surface area contributed by atoms with Gasteiger partial charge in [-0.05, 0) is 42.5 Å². The van der Waals surface area contributed by atoms with Gasteiger partial charge < -0.3 is 9.47 Å². The van der Waals surface area contributed by atoms with Crippen molar-refractivity contribution in [1.29, 1.82) is 0 Å². The summed E-state index contributed by atoms with van der Waals surface area (Å²) in [4.78, 5) is 0. The van der Waals surface area contributed by atoms with Gasteiger partial charge in [0.25, 0.3) is 0 Å². The molecule has 1 aliphatic carbocycles. The average Bonchev–Trinajstić information content (AvgIpc) is 3.00.